The van der Waals surface area contributed by atoms with Gasteiger partial charge in [0.05, 0.1) is 0 Å². The summed E-state index contributed by atoms with van der Waals surface area (Å²) in [6.45, 7) is 12.5. The summed E-state index contributed by atoms with van der Waals surface area (Å²) in [5.74, 6) is 1.63. The average molecular weight is 285 g/mol. The first kappa shape index (κ1) is 15.3. The maximum absolute atomic E-state index is 5.87. The van der Waals surface area contributed by atoms with E-state index >= 15 is 0 Å². The highest BCUT2D eigenvalue weighted by Gasteiger charge is 2.45. The van der Waals surface area contributed by atoms with Crippen LogP contribution in [0.25, 0.3) is 0 Å². The molecule has 1 aliphatic carbocycles. The molecule has 1 heterocycles. The number of nitrogens with zero attached hydrogens (tertiary/aromatic N) is 1. The molecule has 0 amide bonds. The first-order valence-corrected chi connectivity index (χ1v) is 8.13. The fraction of sp³-hybridized carbons (Fsp3) is 0.875. The van der Waals surface area contributed by atoms with Gasteiger partial charge in [-0.25, -0.2) is 0 Å². The third-order valence-electron chi connectivity index (χ3n) is 4.65. The Morgan fingerprint density at radius 3 is 2.68 bits per heavy atom. The van der Waals surface area contributed by atoms with E-state index in [1.54, 1.807) is 5.54 Å². The van der Waals surface area contributed by atoms with Gasteiger partial charge >= 0.3 is 0 Å². The highest BCUT2D eigenvalue weighted by molar-refractivity contribution is 6.25. The molecule has 0 spiro atoms. The van der Waals surface area contributed by atoms with E-state index in [9.17, 15) is 0 Å². The van der Waals surface area contributed by atoms with Gasteiger partial charge in [0.25, 0.3) is 0 Å². The van der Waals surface area contributed by atoms with E-state index in [1.807, 2.05) is 0 Å². The topological polar surface area (TPSA) is 15.3 Å². The molecule has 3 heteroatoms. The number of hydrogen-bond donors (Lipinski definition) is 1. The number of piperazine rings is 1. The molecule has 2 rings (SSSR count). The van der Waals surface area contributed by atoms with Gasteiger partial charge < -0.3 is 5.32 Å². The lowest BCUT2D eigenvalue weighted by atomic mass is 9.88. The SMILES string of the molecule is CC(=CCl)CN1CC(C)(C2CC2)NCC1CC(C)C. The van der Waals surface area contributed by atoms with E-state index < -0.39 is 0 Å². The second-order valence-electron chi connectivity index (χ2n) is 7.22. The summed E-state index contributed by atoms with van der Waals surface area (Å²) in [6, 6.07) is 0.651. The molecule has 2 aliphatic rings. The van der Waals surface area contributed by atoms with Crippen molar-refractivity contribution in [3.05, 3.63) is 11.1 Å². The van der Waals surface area contributed by atoms with E-state index in [2.05, 4.69) is 37.9 Å². The maximum Gasteiger partial charge on any atom is 0.0309 e. The van der Waals surface area contributed by atoms with Gasteiger partial charge in [-0.2, -0.15) is 0 Å². The van der Waals surface area contributed by atoms with E-state index in [1.165, 1.54) is 24.8 Å². The lowest BCUT2D eigenvalue weighted by molar-refractivity contribution is 0.0724. The molecule has 110 valence electrons. The van der Waals surface area contributed by atoms with Gasteiger partial charge in [0.2, 0.25) is 0 Å². The van der Waals surface area contributed by atoms with Crippen LogP contribution in [-0.2, 0) is 0 Å². The Hall–Kier alpha value is -0.0500. The average Bonchev–Trinajstić information content (AvgIpc) is 3.16. The van der Waals surface area contributed by atoms with Crippen LogP contribution in [0.5, 0.6) is 0 Å². The van der Waals surface area contributed by atoms with Crippen LogP contribution < -0.4 is 5.32 Å². The van der Waals surface area contributed by atoms with Gasteiger partial charge in [-0.05, 0) is 50.5 Å². The zero-order valence-electron chi connectivity index (χ0n) is 12.9. The van der Waals surface area contributed by atoms with Gasteiger partial charge in [-0.3, -0.25) is 4.90 Å². The molecule has 0 aromatic rings. The second-order valence-corrected chi connectivity index (χ2v) is 7.43. The quantitative estimate of drug-likeness (QED) is 0.830. The van der Waals surface area contributed by atoms with Crippen molar-refractivity contribution in [3.8, 4) is 0 Å². The summed E-state index contributed by atoms with van der Waals surface area (Å²) in [7, 11) is 0. The largest absolute Gasteiger partial charge is 0.308 e. The molecule has 2 fully saturated rings. The van der Waals surface area contributed by atoms with Crippen molar-refractivity contribution in [2.75, 3.05) is 19.6 Å². The van der Waals surface area contributed by atoms with Crippen LogP contribution in [-0.4, -0.2) is 36.1 Å². The summed E-state index contributed by atoms with van der Waals surface area (Å²) >= 11 is 5.87. The third kappa shape index (κ3) is 3.96. The van der Waals surface area contributed by atoms with Crippen molar-refractivity contribution >= 4 is 11.6 Å². The van der Waals surface area contributed by atoms with Gasteiger partial charge in [0, 0.05) is 36.8 Å². The van der Waals surface area contributed by atoms with Gasteiger partial charge in [0.1, 0.15) is 0 Å². The van der Waals surface area contributed by atoms with Crippen LogP contribution in [0.15, 0.2) is 11.1 Å². The monoisotopic (exact) mass is 284 g/mol. The fourth-order valence-electron chi connectivity index (χ4n) is 3.40. The molecule has 0 radical (unpaired) electrons. The first-order valence-electron chi connectivity index (χ1n) is 7.69. The molecule has 1 saturated heterocycles. The molecule has 0 aromatic carbocycles. The standard InChI is InChI=1S/C16H29ClN2/c1-12(2)7-15-9-18-16(4,14-5-6-14)11-19(15)10-13(3)8-17/h8,12,14-15,18H,5-7,9-11H2,1-4H3. The summed E-state index contributed by atoms with van der Waals surface area (Å²) < 4.78 is 0. The molecule has 19 heavy (non-hydrogen) atoms. The van der Waals surface area contributed by atoms with Crippen molar-refractivity contribution < 1.29 is 0 Å². The van der Waals surface area contributed by atoms with Gasteiger partial charge in [-0.15, -0.1) is 0 Å². The summed E-state index contributed by atoms with van der Waals surface area (Å²) in [5, 5.41) is 3.84. The van der Waals surface area contributed by atoms with Crippen LogP contribution in [0.2, 0.25) is 0 Å². The second kappa shape index (κ2) is 6.15. The minimum absolute atomic E-state index is 0.320. The molecular formula is C16H29ClN2. The van der Waals surface area contributed by atoms with E-state index in [0.717, 1.165) is 31.5 Å². The molecule has 2 nitrogen and oxygen atoms in total. The molecule has 0 aromatic heterocycles. The van der Waals surface area contributed by atoms with Crippen molar-refractivity contribution in [3.63, 3.8) is 0 Å². The molecule has 1 saturated carbocycles. The molecule has 0 bridgehead atoms. The molecule has 2 atom stereocenters. The molecule has 2 unspecified atom stereocenters. The zero-order chi connectivity index (χ0) is 14.0. The van der Waals surface area contributed by atoms with Crippen LogP contribution in [0.3, 0.4) is 0 Å². The minimum Gasteiger partial charge on any atom is -0.308 e. The number of rotatable bonds is 5. The van der Waals surface area contributed by atoms with Crippen molar-refractivity contribution in [2.24, 2.45) is 11.8 Å². The minimum atomic E-state index is 0.320. The van der Waals surface area contributed by atoms with Crippen molar-refractivity contribution in [1.29, 1.82) is 0 Å². The summed E-state index contributed by atoms with van der Waals surface area (Å²) in [5.41, 5.74) is 3.33. The maximum atomic E-state index is 5.87. The normalized spacial score (nSPS) is 34.0. The lowest BCUT2D eigenvalue weighted by Gasteiger charge is -2.47. The zero-order valence-corrected chi connectivity index (χ0v) is 13.6. The van der Waals surface area contributed by atoms with E-state index in [-0.39, 0.29) is 0 Å². The molecular weight excluding hydrogens is 256 g/mol. The van der Waals surface area contributed by atoms with Crippen LogP contribution >= 0.6 is 11.6 Å². The van der Waals surface area contributed by atoms with Crippen molar-refractivity contribution in [2.45, 2.75) is 58.5 Å². The number of nitrogens with one attached hydrogen (secondary N) is 1. The highest BCUT2D eigenvalue weighted by Crippen LogP contribution is 2.41. The van der Waals surface area contributed by atoms with Gasteiger partial charge in [0.15, 0.2) is 0 Å². The first-order chi connectivity index (χ1) is 8.94. The Morgan fingerprint density at radius 1 is 1.47 bits per heavy atom. The van der Waals surface area contributed by atoms with Crippen LogP contribution in [0.4, 0.5) is 0 Å². The van der Waals surface area contributed by atoms with Gasteiger partial charge in [-0.1, -0.05) is 25.4 Å². The predicted molar refractivity (Wildman–Crippen MR) is 83.6 cm³/mol. The smallest absolute Gasteiger partial charge is 0.0309 e. The fourth-order valence-corrected chi connectivity index (χ4v) is 3.47. The van der Waals surface area contributed by atoms with E-state index in [4.69, 9.17) is 11.6 Å². The Morgan fingerprint density at radius 2 is 2.16 bits per heavy atom. The van der Waals surface area contributed by atoms with Crippen LogP contribution in [0, 0.1) is 11.8 Å². The Labute approximate surface area is 123 Å². The summed E-state index contributed by atoms with van der Waals surface area (Å²) in [4.78, 5) is 2.66. The number of hydrogen-bond acceptors (Lipinski definition) is 2. The Bertz CT molecular complexity index is 336. The Balaban J connectivity index is 2.04. The predicted octanol–water partition coefficient (Wildman–Crippen LogP) is 3.62. The third-order valence-corrected chi connectivity index (χ3v) is 5.02. The van der Waals surface area contributed by atoms with E-state index in [0.29, 0.717) is 11.6 Å². The highest BCUT2D eigenvalue weighted by atomic mass is 35.5. The molecule has 1 aliphatic heterocycles. The molecule has 1 N–H and O–H groups in total. The lowest BCUT2D eigenvalue weighted by Crippen LogP contribution is -2.64. The summed E-state index contributed by atoms with van der Waals surface area (Å²) in [6.07, 6.45) is 4.07. The van der Waals surface area contributed by atoms with Crippen LogP contribution in [0.1, 0.15) is 47.0 Å². The number of halogens is 1. The Kier molecular flexibility index (Phi) is 4.97. The van der Waals surface area contributed by atoms with Crippen molar-refractivity contribution in [1.82, 2.24) is 10.2 Å².